The lowest BCUT2D eigenvalue weighted by molar-refractivity contribution is 0.210. The van der Waals surface area contributed by atoms with Gasteiger partial charge in [0.1, 0.15) is 11.9 Å². The Bertz CT molecular complexity index is 523. The third kappa shape index (κ3) is 3.58. The van der Waals surface area contributed by atoms with Crippen molar-refractivity contribution < 1.29 is 9.84 Å². The summed E-state index contributed by atoms with van der Waals surface area (Å²) in [6, 6.07) is 15.3. The van der Waals surface area contributed by atoms with Crippen molar-refractivity contribution >= 4 is 15.9 Å². The molecule has 0 radical (unpaired) electrons. The van der Waals surface area contributed by atoms with Gasteiger partial charge in [0.15, 0.2) is 0 Å². The maximum absolute atomic E-state index is 10.5. The van der Waals surface area contributed by atoms with Gasteiger partial charge in [0, 0.05) is 10.0 Å². The number of hydrogen-bond acceptors (Lipinski definition) is 2. The minimum Gasteiger partial charge on any atom is -0.493 e. The van der Waals surface area contributed by atoms with Gasteiger partial charge in [-0.25, -0.2) is 0 Å². The minimum absolute atomic E-state index is 0.657. The van der Waals surface area contributed by atoms with Crippen molar-refractivity contribution in [1.29, 1.82) is 0 Å². The summed E-state index contributed by atoms with van der Waals surface area (Å²) < 4.78 is 6.68. The van der Waals surface area contributed by atoms with E-state index in [-0.39, 0.29) is 0 Å². The van der Waals surface area contributed by atoms with E-state index < -0.39 is 6.10 Å². The second-order valence-electron chi connectivity index (χ2n) is 4.34. The number of ether oxygens (including phenoxy) is 1. The Balaban J connectivity index is 2.27. The molecule has 0 saturated heterocycles. The molecule has 100 valence electrons. The average molecular weight is 321 g/mol. The van der Waals surface area contributed by atoms with E-state index in [2.05, 4.69) is 22.9 Å². The number of aliphatic hydroxyl groups excluding tert-OH is 1. The molecule has 2 aromatic rings. The predicted molar refractivity (Wildman–Crippen MR) is 80.4 cm³/mol. The van der Waals surface area contributed by atoms with Gasteiger partial charge in [0.05, 0.1) is 6.61 Å². The van der Waals surface area contributed by atoms with Gasteiger partial charge >= 0.3 is 0 Å². The van der Waals surface area contributed by atoms with Gasteiger partial charge in [0.2, 0.25) is 0 Å². The van der Waals surface area contributed by atoms with Crippen LogP contribution in [0.2, 0.25) is 0 Å². The first kappa shape index (κ1) is 14.1. The van der Waals surface area contributed by atoms with Gasteiger partial charge in [-0.15, -0.1) is 0 Å². The van der Waals surface area contributed by atoms with Crippen molar-refractivity contribution in [3.63, 3.8) is 0 Å². The molecule has 0 saturated carbocycles. The molecule has 0 aliphatic heterocycles. The summed E-state index contributed by atoms with van der Waals surface area (Å²) in [5.41, 5.74) is 1.66. The quantitative estimate of drug-likeness (QED) is 0.889. The van der Waals surface area contributed by atoms with Crippen molar-refractivity contribution in [3.8, 4) is 5.75 Å². The highest BCUT2D eigenvalue weighted by molar-refractivity contribution is 9.10. The van der Waals surface area contributed by atoms with Crippen LogP contribution in [0.25, 0.3) is 0 Å². The molecule has 3 heteroatoms. The number of benzene rings is 2. The van der Waals surface area contributed by atoms with E-state index in [9.17, 15) is 5.11 Å². The molecule has 0 amide bonds. The third-order valence-corrected chi connectivity index (χ3v) is 3.39. The molecule has 0 aliphatic rings. The van der Waals surface area contributed by atoms with Gasteiger partial charge in [-0.1, -0.05) is 53.2 Å². The van der Waals surface area contributed by atoms with Crippen molar-refractivity contribution in [3.05, 3.63) is 64.1 Å². The van der Waals surface area contributed by atoms with Gasteiger partial charge in [-0.3, -0.25) is 0 Å². The van der Waals surface area contributed by atoms with E-state index in [0.717, 1.165) is 27.8 Å². The molecule has 0 aliphatic carbocycles. The summed E-state index contributed by atoms with van der Waals surface area (Å²) in [5.74, 6) is 0.750. The van der Waals surface area contributed by atoms with Crippen LogP contribution in [0, 0.1) is 0 Å². The molecule has 1 N–H and O–H groups in total. The van der Waals surface area contributed by atoms with Crippen LogP contribution in [0.5, 0.6) is 5.75 Å². The molecule has 2 aromatic carbocycles. The molecule has 1 atom stereocenters. The Morgan fingerprint density at radius 2 is 1.79 bits per heavy atom. The molecule has 0 bridgehead atoms. The van der Waals surface area contributed by atoms with Crippen molar-refractivity contribution in [2.75, 3.05) is 6.61 Å². The lowest BCUT2D eigenvalue weighted by Crippen LogP contribution is -2.04. The van der Waals surface area contributed by atoms with Crippen molar-refractivity contribution in [2.45, 2.75) is 19.4 Å². The summed E-state index contributed by atoms with van der Waals surface area (Å²) in [5, 5.41) is 10.5. The highest BCUT2D eigenvalue weighted by atomic mass is 79.9. The minimum atomic E-state index is -0.666. The molecule has 1 unspecified atom stereocenters. The third-order valence-electron chi connectivity index (χ3n) is 2.86. The fourth-order valence-corrected chi connectivity index (χ4v) is 2.14. The van der Waals surface area contributed by atoms with Crippen LogP contribution < -0.4 is 4.74 Å². The molecule has 0 spiro atoms. The molecule has 2 rings (SSSR count). The van der Waals surface area contributed by atoms with Gasteiger partial charge in [-0.2, -0.15) is 0 Å². The molecule has 0 heterocycles. The van der Waals surface area contributed by atoms with Crippen molar-refractivity contribution in [2.24, 2.45) is 0 Å². The van der Waals surface area contributed by atoms with Crippen LogP contribution in [0.1, 0.15) is 30.6 Å². The Morgan fingerprint density at radius 3 is 2.47 bits per heavy atom. The van der Waals surface area contributed by atoms with E-state index in [1.165, 1.54) is 0 Å². The first-order chi connectivity index (χ1) is 9.22. The normalized spacial score (nSPS) is 12.2. The number of hydrogen-bond donors (Lipinski definition) is 1. The topological polar surface area (TPSA) is 29.5 Å². The SMILES string of the molecule is CCCOc1ccccc1C(O)c1ccc(Br)cc1. The number of para-hydroxylation sites is 1. The molecule has 19 heavy (non-hydrogen) atoms. The van der Waals surface area contributed by atoms with Crippen LogP contribution >= 0.6 is 15.9 Å². The molecule has 0 fully saturated rings. The molecule has 2 nitrogen and oxygen atoms in total. The lowest BCUT2D eigenvalue weighted by Gasteiger charge is -2.16. The summed E-state index contributed by atoms with van der Waals surface area (Å²) >= 11 is 3.39. The van der Waals surface area contributed by atoms with Gasteiger partial charge in [0.25, 0.3) is 0 Å². The van der Waals surface area contributed by atoms with E-state index in [0.29, 0.717) is 6.61 Å². The molecule has 0 aromatic heterocycles. The zero-order valence-corrected chi connectivity index (χ0v) is 12.4. The second kappa shape index (κ2) is 6.73. The van der Waals surface area contributed by atoms with Gasteiger partial charge < -0.3 is 9.84 Å². The van der Waals surface area contributed by atoms with Crippen LogP contribution in [-0.2, 0) is 0 Å². The second-order valence-corrected chi connectivity index (χ2v) is 5.26. The van der Waals surface area contributed by atoms with Crippen LogP contribution in [0.4, 0.5) is 0 Å². The monoisotopic (exact) mass is 320 g/mol. The Labute approximate surface area is 122 Å². The summed E-state index contributed by atoms with van der Waals surface area (Å²) in [6.45, 7) is 2.72. The first-order valence-electron chi connectivity index (χ1n) is 6.37. The molecular weight excluding hydrogens is 304 g/mol. The number of rotatable bonds is 5. The summed E-state index contributed by atoms with van der Waals surface area (Å²) in [6.07, 6.45) is 0.282. The van der Waals surface area contributed by atoms with Crippen LogP contribution in [0.3, 0.4) is 0 Å². The van der Waals surface area contributed by atoms with Crippen molar-refractivity contribution in [1.82, 2.24) is 0 Å². The van der Waals surface area contributed by atoms with E-state index in [1.54, 1.807) is 0 Å². The first-order valence-corrected chi connectivity index (χ1v) is 7.17. The highest BCUT2D eigenvalue weighted by Crippen LogP contribution is 2.30. The molecular formula is C16H17BrO2. The zero-order chi connectivity index (χ0) is 13.7. The summed E-state index contributed by atoms with van der Waals surface area (Å²) in [7, 11) is 0. The summed E-state index contributed by atoms with van der Waals surface area (Å²) in [4.78, 5) is 0. The smallest absolute Gasteiger partial charge is 0.125 e. The lowest BCUT2D eigenvalue weighted by atomic mass is 10.0. The largest absolute Gasteiger partial charge is 0.493 e. The Hall–Kier alpha value is -1.32. The fraction of sp³-hybridized carbons (Fsp3) is 0.250. The fourth-order valence-electron chi connectivity index (χ4n) is 1.87. The van der Waals surface area contributed by atoms with E-state index in [4.69, 9.17) is 4.74 Å². The average Bonchev–Trinajstić information content (AvgIpc) is 2.45. The van der Waals surface area contributed by atoms with E-state index in [1.807, 2.05) is 48.5 Å². The van der Waals surface area contributed by atoms with Crippen LogP contribution in [-0.4, -0.2) is 11.7 Å². The number of aliphatic hydroxyl groups is 1. The highest BCUT2D eigenvalue weighted by Gasteiger charge is 2.14. The van der Waals surface area contributed by atoms with Crippen LogP contribution in [0.15, 0.2) is 53.0 Å². The van der Waals surface area contributed by atoms with Gasteiger partial charge in [-0.05, 0) is 30.2 Å². The van der Waals surface area contributed by atoms with E-state index >= 15 is 0 Å². The zero-order valence-electron chi connectivity index (χ0n) is 10.8. The Morgan fingerprint density at radius 1 is 1.11 bits per heavy atom. The maximum Gasteiger partial charge on any atom is 0.125 e. The predicted octanol–water partition coefficient (Wildman–Crippen LogP) is 4.32. The standard InChI is InChI=1S/C16H17BrO2/c1-2-11-19-15-6-4-3-5-14(15)16(18)12-7-9-13(17)10-8-12/h3-10,16,18H,2,11H2,1H3. The number of halogens is 1. The Kier molecular flexibility index (Phi) is 5.00. The maximum atomic E-state index is 10.5.